The molecule has 0 atom stereocenters. The number of para-hydroxylation sites is 2. The number of hydrogen-bond acceptors (Lipinski definition) is 20. The van der Waals surface area contributed by atoms with Gasteiger partial charge in [0.05, 0.1) is 63.3 Å². The highest BCUT2D eigenvalue weighted by Crippen LogP contribution is 2.45. The second-order valence-corrected chi connectivity index (χ2v) is 32.6. The molecule has 2 saturated carbocycles. The number of carbonyl (C=O) groups excluding carboxylic acids is 2. The number of aromatic nitrogens is 10. The zero-order valence-corrected chi connectivity index (χ0v) is 64.9. The first-order valence-electron chi connectivity index (χ1n) is 39.0. The van der Waals surface area contributed by atoms with Gasteiger partial charge < -0.3 is 34.5 Å². The molecule has 1 amide bonds. The van der Waals surface area contributed by atoms with Crippen LogP contribution in [0.5, 0.6) is 0 Å². The monoisotopic (exact) mass is 1510 g/mol. The molecular formula is C78H111N19O8S2. The number of piperidine rings is 4. The first kappa shape index (κ1) is 79.6. The van der Waals surface area contributed by atoms with Crippen molar-refractivity contribution in [1.29, 1.82) is 0 Å². The fourth-order valence-corrected chi connectivity index (χ4v) is 16.1. The number of rotatable bonds is 14. The number of pyridine rings is 2. The van der Waals surface area contributed by atoms with Crippen LogP contribution < -0.4 is 19.7 Å². The third-order valence-electron chi connectivity index (χ3n) is 21.8. The predicted molar refractivity (Wildman–Crippen MR) is 422 cm³/mol. The van der Waals surface area contributed by atoms with Crippen molar-refractivity contribution in [3.05, 3.63) is 133 Å². The number of sulfonamides is 2. The molecule has 0 spiro atoms. The number of carbonyl (C=O) groups is 3. The van der Waals surface area contributed by atoms with Crippen LogP contribution in [0.2, 0.25) is 0 Å². The molecule has 0 bridgehead atoms. The number of imidazole rings is 2. The van der Waals surface area contributed by atoms with E-state index < -0.39 is 31.9 Å². The van der Waals surface area contributed by atoms with Crippen LogP contribution in [0.1, 0.15) is 200 Å². The SMILES string of the molecule is C1CCC2=NCCCN2CC1.CCN(CC)CC.CS(=O)(=O)NC(=O)c1cc(N2CCC(N3CCCCC3)CC2)c2c(C3CCC3)nn(-c3ccccc3)c2n1.CS(N)(=O)=O.O=C(O)c1cc(N2CCC(N3CCCCC3)CC2)c2c(C3CCC3)nn(-c3ccccc3)c2n1.O=C(n1ccnc1)n1ccnc1. The first-order chi connectivity index (χ1) is 51.7. The van der Waals surface area contributed by atoms with Crippen molar-refractivity contribution in [3.8, 4) is 11.4 Å². The van der Waals surface area contributed by atoms with Gasteiger partial charge >= 0.3 is 12.0 Å². The number of carboxylic acid groups (broad SMARTS) is 1. The summed E-state index contributed by atoms with van der Waals surface area (Å²) in [7, 11) is -6.90. The Labute approximate surface area is 631 Å². The van der Waals surface area contributed by atoms with Crippen LogP contribution in [-0.2, 0) is 20.0 Å². The van der Waals surface area contributed by atoms with Gasteiger partial charge in [-0.25, -0.2) is 65.6 Å². The van der Waals surface area contributed by atoms with Crippen molar-refractivity contribution in [2.24, 2.45) is 10.1 Å². The van der Waals surface area contributed by atoms with Crippen LogP contribution in [0, 0.1) is 0 Å². The van der Waals surface area contributed by atoms with Crippen molar-refractivity contribution in [2.45, 2.75) is 180 Å². The van der Waals surface area contributed by atoms with Gasteiger partial charge in [0, 0.05) is 101 Å². The fraction of sp³-hybridized carbons (Fsp3) is 0.564. The molecule has 8 aromatic rings. The van der Waals surface area contributed by atoms with Gasteiger partial charge in [0.1, 0.15) is 18.3 Å². The number of likely N-dealkylation sites (tertiary alicyclic amines) is 2. The Morgan fingerprint density at radius 1 is 0.533 bits per heavy atom. The van der Waals surface area contributed by atoms with E-state index in [1.807, 2.05) is 70.0 Å². The minimum absolute atomic E-state index is 0.0910. The maximum Gasteiger partial charge on any atom is 0.354 e. The molecule has 0 radical (unpaired) electrons. The zero-order valence-electron chi connectivity index (χ0n) is 63.3. The molecule has 29 heteroatoms. The number of anilines is 2. The Morgan fingerprint density at radius 2 is 0.953 bits per heavy atom. The zero-order chi connectivity index (χ0) is 75.5. The third-order valence-corrected chi connectivity index (χ3v) is 22.3. The quantitative estimate of drug-likeness (QED) is 0.0911. The number of hydrogen-bond donors (Lipinski definition) is 3. The molecule has 2 aromatic carbocycles. The van der Waals surface area contributed by atoms with Gasteiger partial charge in [0.25, 0.3) is 5.91 Å². The maximum atomic E-state index is 13.0. The Bertz CT molecular complexity index is 4370. The highest BCUT2D eigenvalue weighted by Gasteiger charge is 2.36. The first-order valence-corrected chi connectivity index (χ1v) is 42.8. The standard InChI is InChI=1S/C28H36N6O3S.C27H33N5O2.C9H16N2.C7H6N4O.C6H15N.CH5NO2S/c1-38(36,37)31-28(35)23-19-24(33-17-13-21(14-18-33)32-15-6-3-7-16-32)25-26(20-9-8-10-20)30-34(27(25)29-23)22-11-4-2-5-12-22;33-27(34)22-18-23(31-16-12-20(13-17-31)30-14-5-2-6-15-30)24-25(19-8-7-9-19)29-32(26(24)28-22)21-10-3-1-4-11-21;1-2-5-9-10-6-4-8-11(9)7-3-1;12-7(10-3-1-8-5-10)11-4-2-9-6-11;1-4-7(5-2)6-3;1-5(2,3)4/h2,4-5,11-12,19-21H,3,6-10,13-18H2,1H3,(H,31,35);1,3-4,10-11,18-20H,2,5-9,12-17H2,(H,33,34);1-8H2;1-6H;4-6H2,1-3H3;1H3,(H2,2,3,4). The van der Waals surface area contributed by atoms with E-state index in [0.29, 0.717) is 35.2 Å². The summed E-state index contributed by atoms with van der Waals surface area (Å²) in [4.78, 5) is 72.9. The van der Waals surface area contributed by atoms with Crippen LogP contribution in [0.3, 0.4) is 0 Å². The molecule has 16 rings (SSSR count). The lowest BCUT2D eigenvalue weighted by Crippen LogP contribution is -2.46. The number of fused-ring (bicyclic) bond motifs is 3. The summed E-state index contributed by atoms with van der Waals surface area (Å²) < 4.78 is 51.1. The van der Waals surface area contributed by atoms with Crippen molar-refractivity contribution in [2.75, 3.05) is 114 Å². The van der Waals surface area contributed by atoms with E-state index >= 15 is 0 Å². The molecule has 4 N–H and O–H groups in total. The van der Waals surface area contributed by atoms with Gasteiger partial charge in [-0.3, -0.25) is 18.9 Å². The summed E-state index contributed by atoms with van der Waals surface area (Å²) in [5.74, 6) is 0.482. The van der Waals surface area contributed by atoms with E-state index in [-0.39, 0.29) is 17.4 Å². The molecule has 6 aromatic heterocycles. The van der Waals surface area contributed by atoms with E-state index in [1.54, 1.807) is 36.9 Å². The molecule has 6 aliphatic heterocycles. The van der Waals surface area contributed by atoms with Crippen LogP contribution in [0.15, 0.2) is 115 Å². The van der Waals surface area contributed by atoms with Gasteiger partial charge in [-0.1, -0.05) is 89.3 Å². The Kier molecular flexibility index (Phi) is 28.3. The molecular weight excluding hydrogens is 1400 g/mol. The lowest BCUT2D eigenvalue weighted by Gasteiger charge is -2.41. The third kappa shape index (κ3) is 21.5. The number of primary sulfonamides is 1. The molecule has 12 heterocycles. The smallest absolute Gasteiger partial charge is 0.354 e. The van der Waals surface area contributed by atoms with Gasteiger partial charge in [0.2, 0.25) is 20.0 Å². The van der Waals surface area contributed by atoms with E-state index in [0.717, 1.165) is 142 Å². The summed E-state index contributed by atoms with van der Waals surface area (Å²) in [5.41, 5.74) is 7.31. The summed E-state index contributed by atoms with van der Waals surface area (Å²) in [5, 5.41) is 26.4. The molecule has 7 fully saturated rings. The predicted octanol–water partition coefficient (Wildman–Crippen LogP) is 11.2. The summed E-state index contributed by atoms with van der Waals surface area (Å²) >= 11 is 0. The summed E-state index contributed by atoms with van der Waals surface area (Å²) in [6.07, 6.45) is 36.9. The number of aromatic carboxylic acids is 1. The second-order valence-electron chi connectivity index (χ2n) is 29.2. The number of benzene rings is 2. The largest absolute Gasteiger partial charge is 0.477 e. The van der Waals surface area contributed by atoms with Gasteiger partial charge in [-0.15, -0.1) is 0 Å². The fourth-order valence-electron chi connectivity index (χ4n) is 15.6. The molecule has 107 heavy (non-hydrogen) atoms. The van der Waals surface area contributed by atoms with Crippen LogP contribution in [0.25, 0.3) is 33.4 Å². The Balaban J connectivity index is 0.000000148. The van der Waals surface area contributed by atoms with E-state index in [1.165, 1.54) is 170 Å². The number of aliphatic imine (C=N–C) groups is 1. The minimum atomic E-state index is -3.73. The number of nitrogens with one attached hydrogen (secondary N) is 1. The number of carboxylic acids is 1. The van der Waals surface area contributed by atoms with Gasteiger partial charge in [-0.2, -0.15) is 10.2 Å². The van der Waals surface area contributed by atoms with Gasteiger partial charge in [-0.05, 0) is 179 Å². The molecule has 2 aliphatic carbocycles. The van der Waals surface area contributed by atoms with E-state index in [2.05, 4.69) is 80.0 Å². The highest BCUT2D eigenvalue weighted by atomic mass is 32.2. The molecule has 5 saturated heterocycles. The van der Waals surface area contributed by atoms with Crippen LogP contribution in [0.4, 0.5) is 16.2 Å². The number of amides is 1. The van der Waals surface area contributed by atoms with Crippen molar-refractivity contribution >= 4 is 77.2 Å². The highest BCUT2D eigenvalue weighted by molar-refractivity contribution is 7.89. The maximum absolute atomic E-state index is 13.0. The number of amidine groups is 1. The summed E-state index contributed by atoms with van der Waals surface area (Å²) in [6.45, 7) is 22.2. The van der Waals surface area contributed by atoms with E-state index in [4.69, 9.17) is 15.2 Å². The van der Waals surface area contributed by atoms with Crippen molar-refractivity contribution < 1.29 is 36.3 Å². The van der Waals surface area contributed by atoms with Crippen LogP contribution in [-0.4, -0.2) is 230 Å². The van der Waals surface area contributed by atoms with Crippen LogP contribution >= 0.6 is 0 Å². The number of nitrogens with zero attached hydrogens (tertiary/aromatic N) is 17. The van der Waals surface area contributed by atoms with Crippen molar-refractivity contribution in [3.63, 3.8) is 0 Å². The van der Waals surface area contributed by atoms with Crippen molar-refractivity contribution in [1.82, 2.24) is 73.0 Å². The topological polar surface area (TPSA) is 307 Å². The molecule has 0 unspecified atom stereocenters. The second kappa shape index (κ2) is 38.1. The average Bonchev–Trinajstić information content (AvgIpc) is 1.61. The number of nitrogens with two attached hydrogens (primary N) is 1. The lowest BCUT2D eigenvalue weighted by molar-refractivity contribution is 0.0690. The normalized spacial score (nSPS) is 18.6. The average molecular weight is 1510 g/mol. The van der Waals surface area contributed by atoms with E-state index in [9.17, 15) is 36.3 Å². The molecule has 27 nitrogen and oxygen atoms in total. The minimum Gasteiger partial charge on any atom is -0.477 e. The Hall–Kier alpha value is -8.48. The van der Waals surface area contributed by atoms with Gasteiger partial charge in [0.15, 0.2) is 17.0 Å². The Morgan fingerprint density at radius 3 is 1.35 bits per heavy atom. The lowest BCUT2D eigenvalue weighted by atomic mass is 9.82. The molecule has 8 aliphatic rings. The molecule has 578 valence electrons. The summed E-state index contributed by atoms with van der Waals surface area (Å²) in [6, 6.07) is 24.4.